The van der Waals surface area contributed by atoms with Gasteiger partial charge in [0.15, 0.2) is 0 Å². The van der Waals surface area contributed by atoms with E-state index in [0.717, 1.165) is 26.8 Å². The van der Waals surface area contributed by atoms with Crippen molar-refractivity contribution in [2.45, 2.75) is 13.0 Å². The van der Waals surface area contributed by atoms with Crippen molar-refractivity contribution in [3.63, 3.8) is 0 Å². The molecule has 0 amide bonds. The minimum atomic E-state index is -0.583. The van der Waals surface area contributed by atoms with Crippen LogP contribution in [-0.4, -0.2) is 14.2 Å². The van der Waals surface area contributed by atoms with Crippen LogP contribution in [-0.2, 0) is 13.0 Å². The number of hydrogen-bond donors (Lipinski definition) is 1. The zero-order chi connectivity index (χ0) is 24.2. The van der Waals surface area contributed by atoms with Gasteiger partial charge in [0.2, 0.25) is 5.88 Å². The Kier molecular flexibility index (Phi) is 6.14. The predicted molar refractivity (Wildman–Crippen MR) is 138 cm³/mol. The lowest BCUT2D eigenvalue weighted by atomic mass is 10.1. The molecule has 0 radical (unpaired) electrons. The van der Waals surface area contributed by atoms with Gasteiger partial charge in [0.05, 0.1) is 17.8 Å². The summed E-state index contributed by atoms with van der Waals surface area (Å²) in [5, 5.41) is 11.1. The summed E-state index contributed by atoms with van der Waals surface area (Å²) < 4.78 is 2.41. The Bertz CT molecular complexity index is 1480. The van der Waals surface area contributed by atoms with Gasteiger partial charge in [0.1, 0.15) is 0 Å². The van der Waals surface area contributed by atoms with Gasteiger partial charge < -0.3 is 5.11 Å². The van der Waals surface area contributed by atoms with Crippen LogP contribution in [0.25, 0.3) is 16.8 Å². The average Bonchev–Trinajstić information content (AvgIpc) is 2.91. The van der Waals surface area contributed by atoms with Crippen molar-refractivity contribution in [2.24, 2.45) is 0 Å². The van der Waals surface area contributed by atoms with Gasteiger partial charge in [-0.15, -0.1) is 0 Å². The van der Waals surface area contributed by atoms with Gasteiger partial charge in [0, 0.05) is 6.42 Å². The molecular weight excluding hydrogens is 436 g/mol. The molecule has 0 aliphatic rings. The minimum Gasteiger partial charge on any atom is -0.494 e. The molecular formula is C30H24N2O3. The summed E-state index contributed by atoms with van der Waals surface area (Å²) in [6, 6.07) is 36.1. The highest BCUT2D eigenvalue weighted by molar-refractivity contribution is 5.64. The van der Waals surface area contributed by atoms with Gasteiger partial charge in [-0.25, -0.2) is 9.36 Å². The largest absolute Gasteiger partial charge is 0.494 e. The van der Waals surface area contributed by atoms with E-state index >= 15 is 0 Å². The van der Waals surface area contributed by atoms with Gasteiger partial charge in [-0.3, -0.25) is 9.36 Å². The zero-order valence-electron chi connectivity index (χ0n) is 19.0. The van der Waals surface area contributed by atoms with Crippen molar-refractivity contribution >= 4 is 0 Å². The second kappa shape index (κ2) is 9.69. The van der Waals surface area contributed by atoms with Crippen LogP contribution < -0.4 is 11.2 Å². The Hall–Kier alpha value is -4.64. The molecule has 0 bridgehead atoms. The van der Waals surface area contributed by atoms with Crippen LogP contribution in [0.15, 0.2) is 125 Å². The molecule has 4 aromatic carbocycles. The molecule has 0 saturated carbocycles. The summed E-state index contributed by atoms with van der Waals surface area (Å²) >= 11 is 0. The van der Waals surface area contributed by atoms with E-state index in [2.05, 4.69) is 0 Å². The number of benzene rings is 4. The van der Waals surface area contributed by atoms with Gasteiger partial charge in [-0.1, -0.05) is 103 Å². The average molecular weight is 461 g/mol. The van der Waals surface area contributed by atoms with E-state index in [0.29, 0.717) is 5.69 Å². The number of aromatic nitrogens is 2. The van der Waals surface area contributed by atoms with E-state index < -0.39 is 11.2 Å². The number of hydrogen-bond acceptors (Lipinski definition) is 3. The first kappa shape index (κ1) is 22.2. The molecule has 0 aliphatic heterocycles. The summed E-state index contributed by atoms with van der Waals surface area (Å²) in [4.78, 5) is 27.1. The highest BCUT2D eigenvalue weighted by atomic mass is 16.3. The summed E-state index contributed by atoms with van der Waals surface area (Å²) in [7, 11) is 0. The van der Waals surface area contributed by atoms with Gasteiger partial charge >= 0.3 is 5.69 Å². The Morgan fingerprint density at radius 2 is 1.11 bits per heavy atom. The first-order chi connectivity index (χ1) is 17.1. The van der Waals surface area contributed by atoms with Crippen LogP contribution in [0.1, 0.15) is 16.7 Å². The minimum absolute atomic E-state index is 0.148. The van der Waals surface area contributed by atoms with Crippen LogP contribution in [0.3, 0.4) is 0 Å². The molecule has 5 rings (SSSR count). The van der Waals surface area contributed by atoms with Crippen LogP contribution in [0.2, 0.25) is 0 Å². The summed E-state index contributed by atoms with van der Waals surface area (Å²) in [6.07, 6.45) is 0.211. The molecule has 0 fully saturated rings. The molecule has 5 nitrogen and oxygen atoms in total. The molecule has 35 heavy (non-hydrogen) atoms. The maximum absolute atomic E-state index is 13.6. The zero-order valence-corrected chi connectivity index (χ0v) is 19.0. The van der Waals surface area contributed by atoms with Crippen LogP contribution in [0.5, 0.6) is 5.88 Å². The van der Waals surface area contributed by atoms with Crippen molar-refractivity contribution < 1.29 is 5.11 Å². The first-order valence-corrected chi connectivity index (χ1v) is 11.4. The lowest BCUT2D eigenvalue weighted by Crippen LogP contribution is -2.40. The summed E-state index contributed by atoms with van der Waals surface area (Å²) in [5.41, 5.74) is 3.28. The molecule has 5 aromatic rings. The third kappa shape index (κ3) is 4.57. The van der Waals surface area contributed by atoms with Crippen LogP contribution in [0.4, 0.5) is 0 Å². The second-order valence-electron chi connectivity index (χ2n) is 8.37. The highest BCUT2D eigenvalue weighted by Crippen LogP contribution is 2.21. The molecule has 0 aliphatic carbocycles. The Morgan fingerprint density at radius 1 is 0.600 bits per heavy atom. The normalized spacial score (nSPS) is 10.9. The third-order valence-electron chi connectivity index (χ3n) is 6.05. The van der Waals surface area contributed by atoms with Crippen molar-refractivity contribution in [3.8, 4) is 22.7 Å². The van der Waals surface area contributed by atoms with E-state index in [4.69, 9.17) is 0 Å². The molecule has 5 heteroatoms. The lowest BCUT2D eigenvalue weighted by molar-refractivity contribution is 0.398. The quantitative estimate of drug-likeness (QED) is 0.387. The SMILES string of the molecule is O=c1c(Cc2ccccc2)c(O)n(Cc2ccccc2)c(=O)n1-c1ccc(-c2ccccc2)cc1. The topological polar surface area (TPSA) is 64.2 Å². The smallest absolute Gasteiger partial charge is 0.338 e. The Morgan fingerprint density at radius 3 is 1.71 bits per heavy atom. The predicted octanol–water partition coefficient (Wildman–Crippen LogP) is 5.01. The molecule has 172 valence electrons. The van der Waals surface area contributed by atoms with Crippen LogP contribution >= 0.6 is 0 Å². The molecule has 0 unspecified atom stereocenters. The van der Waals surface area contributed by atoms with Gasteiger partial charge in [-0.2, -0.15) is 0 Å². The number of aromatic hydroxyl groups is 1. The highest BCUT2D eigenvalue weighted by Gasteiger charge is 2.20. The van der Waals surface area contributed by atoms with Gasteiger partial charge in [-0.05, 0) is 34.4 Å². The fourth-order valence-corrected chi connectivity index (χ4v) is 4.22. The maximum atomic E-state index is 13.6. The maximum Gasteiger partial charge on any atom is 0.338 e. The molecule has 0 atom stereocenters. The standard InChI is InChI=1S/C30H24N2O3/c33-28-27(20-22-10-4-1-5-11-22)29(34)32(30(35)31(28)21-23-12-6-2-7-13-23)26-18-16-25(17-19-26)24-14-8-3-9-15-24/h1-19,33H,20-21H2. The van der Waals surface area contributed by atoms with E-state index in [1.165, 1.54) is 4.57 Å². The van der Waals surface area contributed by atoms with Crippen LogP contribution in [0, 0.1) is 0 Å². The number of nitrogens with zero attached hydrogens (tertiary/aromatic N) is 2. The monoisotopic (exact) mass is 460 g/mol. The first-order valence-electron chi connectivity index (χ1n) is 11.4. The number of rotatable bonds is 6. The summed E-state index contributed by atoms with van der Waals surface area (Å²) in [5.74, 6) is -0.301. The molecule has 1 aromatic heterocycles. The molecule has 0 spiro atoms. The van der Waals surface area contributed by atoms with E-state index in [9.17, 15) is 14.7 Å². The Balaban J connectivity index is 1.66. The van der Waals surface area contributed by atoms with Crippen molar-refractivity contribution in [1.29, 1.82) is 0 Å². The molecule has 1 N–H and O–H groups in total. The summed E-state index contributed by atoms with van der Waals surface area (Å²) in [6.45, 7) is 0.148. The fraction of sp³-hybridized carbons (Fsp3) is 0.0667. The van der Waals surface area contributed by atoms with Gasteiger partial charge in [0.25, 0.3) is 5.56 Å². The Labute approximate surface area is 202 Å². The second-order valence-corrected chi connectivity index (χ2v) is 8.37. The van der Waals surface area contributed by atoms with Crippen molar-refractivity contribution in [1.82, 2.24) is 9.13 Å². The van der Waals surface area contributed by atoms with E-state index in [1.54, 1.807) is 12.1 Å². The third-order valence-corrected chi connectivity index (χ3v) is 6.05. The van der Waals surface area contributed by atoms with Crippen molar-refractivity contribution in [2.75, 3.05) is 0 Å². The molecule has 0 saturated heterocycles. The fourth-order valence-electron chi connectivity index (χ4n) is 4.22. The van der Waals surface area contributed by atoms with E-state index in [-0.39, 0.29) is 24.4 Å². The van der Waals surface area contributed by atoms with Crippen molar-refractivity contribution in [3.05, 3.63) is 153 Å². The molecule has 1 heterocycles. The lowest BCUT2D eigenvalue weighted by Gasteiger charge is -2.16. The van der Waals surface area contributed by atoms with E-state index in [1.807, 2.05) is 103 Å².